The molecule has 1 saturated heterocycles. The Labute approximate surface area is 208 Å². The van der Waals surface area contributed by atoms with Gasteiger partial charge in [-0.1, -0.05) is 30.8 Å². The van der Waals surface area contributed by atoms with Gasteiger partial charge in [-0.05, 0) is 37.8 Å². The van der Waals surface area contributed by atoms with Crippen molar-refractivity contribution in [2.45, 2.75) is 57.3 Å². The van der Waals surface area contributed by atoms with E-state index in [4.69, 9.17) is 20.4 Å². The second-order valence-electron chi connectivity index (χ2n) is 9.00. The van der Waals surface area contributed by atoms with E-state index in [9.17, 15) is 19.5 Å². The fourth-order valence-corrected chi connectivity index (χ4v) is 4.17. The third-order valence-electron chi connectivity index (χ3n) is 6.21. The van der Waals surface area contributed by atoms with Crippen LogP contribution in [0.3, 0.4) is 0 Å². The molecule has 0 unspecified atom stereocenters. The molecule has 196 valence electrons. The summed E-state index contributed by atoms with van der Waals surface area (Å²) in [7, 11) is 0. The van der Waals surface area contributed by atoms with Crippen LogP contribution >= 0.6 is 0 Å². The molecule has 0 spiro atoms. The van der Waals surface area contributed by atoms with Crippen molar-refractivity contribution in [1.29, 1.82) is 0 Å². The smallest absolute Gasteiger partial charge is 0.336 e. The third kappa shape index (κ3) is 7.48. The first kappa shape index (κ1) is 28.7. The van der Waals surface area contributed by atoms with Crippen LogP contribution < -0.4 is 0 Å². The van der Waals surface area contributed by atoms with E-state index in [1.807, 2.05) is 25.3 Å². The summed E-state index contributed by atoms with van der Waals surface area (Å²) in [5, 5.41) is 49.3. The Morgan fingerprint density at radius 3 is 2.08 bits per heavy atom. The minimum atomic E-state index is -2.74. The Morgan fingerprint density at radius 1 is 1.08 bits per heavy atom. The number of aliphatic carboxylic acids is 3. The van der Waals surface area contributed by atoms with Crippen molar-refractivity contribution in [3.63, 3.8) is 0 Å². The lowest BCUT2D eigenvalue weighted by Crippen LogP contribution is -2.42. The summed E-state index contributed by atoms with van der Waals surface area (Å²) < 4.78 is 1.76. The molecule has 11 nitrogen and oxygen atoms in total. The van der Waals surface area contributed by atoms with Gasteiger partial charge in [0.05, 0.1) is 24.1 Å². The molecule has 0 aliphatic carbocycles. The van der Waals surface area contributed by atoms with Crippen molar-refractivity contribution in [2.75, 3.05) is 13.1 Å². The molecule has 0 amide bonds. The van der Waals surface area contributed by atoms with Gasteiger partial charge in [-0.15, -0.1) is 0 Å². The average Bonchev–Trinajstić information content (AvgIpc) is 3.14. The van der Waals surface area contributed by atoms with Crippen LogP contribution in [0.5, 0.6) is 0 Å². The number of carboxylic acid groups (broad SMARTS) is 3. The summed E-state index contributed by atoms with van der Waals surface area (Å²) in [6, 6.07) is 8.17. The Kier molecular flexibility index (Phi) is 9.51. The summed E-state index contributed by atoms with van der Waals surface area (Å²) in [5.74, 6) is -5.02. The van der Waals surface area contributed by atoms with Gasteiger partial charge in [0.25, 0.3) is 0 Å². The number of nitrogens with zero attached hydrogens (tertiary/aromatic N) is 3. The molecule has 1 fully saturated rings. The zero-order chi connectivity index (χ0) is 27.1. The molecule has 11 heteroatoms. The summed E-state index contributed by atoms with van der Waals surface area (Å²) in [6.07, 6.45) is 3.00. The zero-order valence-corrected chi connectivity index (χ0v) is 20.4. The maximum Gasteiger partial charge on any atom is 0.336 e. The Balaban J connectivity index is 0.000000302. The van der Waals surface area contributed by atoms with Gasteiger partial charge in [0, 0.05) is 37.6 Å². The van der Waals surface area contributed by atoms with E-state index in [2.05, 4.69) is 35.6 Å². The molecule has 2 heterocycles. The topological polar surface area (TPSA) is 173 Å². The molecule has 1 aliphatic heterocycles. The van der Waals surface area contributed by atoms with Crippen molar-refractivity contribution < 1.29 is 39.9 Å². The van der Waals surface area contributed by atoms with Gasteiger partial charge in [-0.3, -0.25) is 14.5 Å². The largest absolute Gasteiger partial charge is 0.481 e. The van der Waals surface area contributed by atoms with Crippen LogP contribution in [0.1, 0.15) is 48.1 Å². The van der Waals surface area contributed by atoms with Crippen LogP contribution in [0.15, 0.2) is 37.0 Å². The number of aromatic nitrogens is 2. The number of piperidine rings is 1. The Bertz CT molecular complexity index is 1090. The maximum absolute atomic E-state index is 11.0. The summed E-state index contributed by atoms with van der Waals surface area (Å²) >= 11 is 0. The van der Waals surface area contributed by atoms with Crippen molar-refractivity contribution in [2.24, 2.45) is 0 Å². The number of hydrogen-bond acceptors (Lipinski definition) is 7. The molecule has 5 N–H and O–H groups in total. The number of carbonyl (C=O) groups is 3. The molecule has 0 radical (unpaired) electrons. The Hall–Kier alpha value is -3.54. The molecule has 0 saturated carbocycles. The van der Waals surface area contributed by atoms with E-state index in [0.29, 0.717) is 0 Å². The highest BCUT2D eigenvalue weighted by atomic mass is 16.4. The second-order valence-corrected chi connectivity index (χ2v) is 9.00. The first-order valence-electron chi connectivity index (χ1n) is 11.4. The van der Waals surface area contributed by atoms with Gasteiger partial charge in [0.15, 0.2) is 5.60 Å². The van der Waals surface area contributed by atoms with Crippen LogP contribution in [-0.4, -0.2) is 76.8 Å². The van der Waals surface area contributed by atoms with Crippen molar-refractivity contribution in [3.8, 4) is 0 Å². The molecule has 1 aromatic heterocycles. The number of rotatable bonds is 9. The molecular formula is C25H33N3O8. The standard InChI is InChI=1S/C19H25N3O.C6H8O7/c1-4-22-14-17(16(3)20-22)13-21-11-9-19(23,10-12-21)18-8-6-5-7-15(18)2;7-3(8)1-6(13,5(11)12)2-4(9)10/h4-8,14,23H,1,9-13H2,2-3H3;13H,1-2H2,(H,7,8)(H,9,10)(H,11,12). The van der Waals surface area contributed by atoms with Gasteiger partial charge in [0.2, 0.25) is 0 Å². The SMILES string of the molecule is C=Cn1cc(CN2CCC(O)(c3ccccc3C)CC2)c(C)n1.O=C(O)CC(O)(CC(=O)O)C(=O)O. The van der Waals surface area contributed by atoms with E-state index in [-0.39, 0.29) is 0 Å². The summed E-state index contributed by atoms with van der Waals surface area (Å²) in [5.41, 5.74) is 1.09. The predicted molar refractivity (Wildman–Crippen MR) is 130 cm³/mol. The molecule has 1 aromatic carbocycles. The molecule has 3 rings (SSSR count). The van der Waals surface area contributed by atoms with E-state index in [1.165, 1.54) is 11.1 Å². The Morgan fingerprint density at radius 2 is 1.64 bits per heavy atom. The number of hydrogen-bond donors (Lipinski definition) is 5. The fraction of sp³-hybridized carbons (Fsp3) is 0.440. The number of aryl methyl sites for hydroxylation is 2. The van der Waals surface area contributed by atoms with Gasteiger partial charge in [-0.25, -0.2) is 9.48 Å². The normalized spacial score (nSPS) is 15.4. The highest BCUT2D eigenvalue weighted by Gasteiger charge is 2.40. The quantitative estimate of drug-likeness (QED) is 0.340. The first-order valence-corrected chi connectivity index (χ1v) is 11.4. The summed E-state index contributed by atoms with van der Waals surface area (Å²) in [4.78, 5) is 32.9. The van der Waals surface area contributed by atoms with Crippen LogP contribution in [0.4, 0.5) is 0 Å². The molecule has 36 heavy (non-hydrogen) atoms. The molecule has 2 aromatic rings. The van der Waals surface area contributed by atoms with Crippen molar-refractivity contribution in [3.05, 3.63) is 59.4 Å². The number of likely N-dealkylation sites (tertiary alicyclic amines) is 1. The van der Waals surface area contributed by atoms with Crippen LogP contribution in [0, 0.1) is 13.8 Å². The van der Waals surface area contributed by atoms with Gasteiger partial charge >= 0.3 is 17.9 Å². The minimum absolute atomic E-state index is 0.692. The fourth-order valence-electron chi connectivity index (χ4n) is 4.17. The highest BCUT2D eigenvalue weighted by molar-refractivity contribution is 5.88. The molecule has 0 atom stereocenters. The lowest BCUT2D eigenvalue weighted by atomic mass is 9.82. The van der Waals surface area contributed by atoms with Gasteiger partial charge < -0.3 is 25.5 Å². The predicted octanol–water partition coefficient (Wildman–Crippen LogP) is 1.84. The van der Waals surface area contributed by atoms with Crippen LogP contribution in [0.2, 0.25) is 0 Å². The molecular weight excluding hydrogens is 470 g/mol. The lowest BCUT2D eigenvalue weighted by Gasteiger charge is -2.39. The van der Waals surface area contributed by atoms with Crippen molar-refractivity contribution >= 4 is 24.1 Å². The summed E-state index contributed by atoms with van der Waals surface area (Å²) in [6.45, 7) is 10.5. The highest BCUT2D eigenvalue weighted by Crippen LogP contribution is 2.35. The number of benzene rings is 1. The van der Waals surface area contributed by atoms with E-state index in [0.717, 1.165) is 43.7 Å². The molecule has 0 bridgehead atoms. The number of aliphatic hydroxyl groups is 2. The average molecular weight is 504 g/mol. The second kappa shape index (κ2) is 11.9. The van der Waals surface area contributed by atoms with Crippen LogP contribution in [-0.2, 0) is 26.5 Å². The first-order chi connectivity index (χ1) is 16.8. The van der Waals surface area contributed by atoms with Crippen molar-refractivity contribution in [1.82, 2.24) is 14.7 Å². The van der Waals surface area contributed by atoms with Gasteiger partial charge in [-0.2, -0.15) is 5.10 Å². The maximum atomic E-state index is 11.0. The van der Waals surface area contributed by atoms with E-state index in [1.54, 1.807) is 10.9 Å². The molecule has 1 aliphatic rings. The minimum Gasteiger partial charge on any atom is -0.481 e. The van der Waals surface area contributed by atoms with Gasteiger partial charge in [0.1, 0.15) is 0 Å². The zero-order valence-electron chi connectivity index (χ0n) is 20.4. The number of carboxylic acids is 3. The monoisotopic (exact) mass is 503 g/mol. The van der Waals surface area contributed by atoms with E-state index < -0.39 is 42.0 Å². The third-order valence-corrected chi connectivity index (χ3v) is 6.21. The lowest BCUT2D eigenvalue weighted by molar-refractivity contribution is -0.170. The van der Waals surface area contributed by atoms with Crippen LogP contribution in [0.25, 0.3) is 6.20 Å². The van der Waals surface area contributed by atoms with E-state index >= 15 is 0 Å².